The molecule has 27 heavy (non-hydrogen) atoms. The Hall–Kier alpha value is -3.14. The highest BCUT2D eigenvalue weighted by atomic mass is 32.2. The summed E-state index contributed by atoms with van der Waals surface area (Å²) < 4.78 is 38.3. The highest BCUT2D eigenvalue weighted by Gasteiger charge is 2.34. The van der Waals surface area contributed by atoms with Gasteiger partial charge in [-0.25, -0.2) is 8.42 Å². The molecule has 0 aromatic heterocycles. The van der Waals surface area contributed by atoms with Crippen LogP contribution in [0.4, 0.5) is 11.4 Å². The maximum atomic E-state index is 12.6. The summed E-state index contributed by atoms with van der Waals surface area (Å²) in [4.78, 5) is 21.1. The fourth-order valence-corrected chi connectivity index (χ4v) is 4.06. The van der Waals surface area contributed by atoms with Gasteiger partial charge in [0.1, 0.15) is 11.9 Å². The predicted molar refractivity (Wildman–Crippen MR) is 94.9 cm³/mol. The first-order chi connectivity index (χ1) is 12.7. The number of carbonyl (C=O) groups excluding carboxylic acids is 1. The lowest BCUT2D eigenvalue weighted by atomic mass is 10.1. The zero-order valence-corrected chi connectivity index (χ0v) is 15.2. The Bertz CT molecular complexity index is 1020. The number of nitrogens with zero attached hydrogens (tertiary/aromatic N) is 1. The number of nitro groups is 1. The molecule has 0 spiro atoms. The van der Waals surface area contributed by atoms with Crippen molar-refractivity contribution >= 4 is 27.4 Å². The van der Waals surface area contributed by atoms with Crippen LogP contribution in [-0.2, 0) is 19.6 Å². The summed E-state index contributed by atoms with van der Waals surface area (Å²) in [5, 5.41) is 11.1. The SMILES string of the molecule is CC(=O)O[C@H]1c2ccc(NS(=O)(=O)c3ccccc3[N+](=O)[O-])cc2OC1C. The molecule has 0 saturated carbocycles. The van der Waals surface area contributed by atoms with Crippen LogP contribution in [0.2, 0.25) is 0 Å². The Kier molecular flexibility index (Phi) is 4.75. The van der Waals surface area contributed by atoms with Gasteiger partial charge in [0.15, 0.2) is 11.0 Å². The van der Waals surface area contributed by atoms with Crippen LogP contribution in [0.3, 0.4) is 0 Å². The number of fused-ring (bicyclic) bond motifs is 1. The minimum Gasteiger partial charge on any atom is -0.486 e. The van der Waals surface area contributed by atoms with Crippen LogP contribution in [0.1, 0.15) is 25.5 Å². The molecule has 1 N–H and O–H groups in total. The first-order valence-electron chi connectivity index (χ1n) is 7.93. The van der Waals surface area contributed by atoms with E-state index < -0.39 is 43.7 Å². The second kappa shape index (κ2) is 6.88. The van der Waals surface area contributed by atoms with Crippen molar-refractivity contribution in [3.05, 3.63) is 58.1 Å². The summed E-state index contributed by atoms with van der Waals surface area (Å²) in [7, 11) is -4.19. The van der Waals surface area contributed by atoms with Crippen molar-refractivity contribution in [2.75, 3.05) is 4.72 Å². The molecule has 0 radical (unpaired) electrons. The molecular formula is C17H16N2O7S. The molecule has 3 rings (SSSR count). The van der Waals surface area contributed by atoms with Gasteiger partial charge in [0.25, 0.3) is 15.7 Å². The van der Waals surface area contributed by atoms with Crippen LogP contribution >= 0.6 is 0 Å². The topological polar surface area (TPSA) is 125 Å². The van der Waals surface area contributed by atoms with Crippen molar-refractivity contribution < 1.29 is 27.6 Å². The molecule has 1 unspecified atom stereocenters. The molecule has 2 aromatic rings. The first kappa shape index (κ1) is 18.6. The molecule has 2 aromatic carbocycles. The fourth-order valence-electron chi connectivity index (χ4n) is 2.83. The van der Waals surface area contributed by atoms with Crippen molar-refractivity contribution in [2.45, 2.75) is 31.0 Å². The molecular weight excluding hydrogens is 376 g/mol. The minimum atomic E-state index is -4.19. The number of hydrogen-bond acceptors (Lipinski definition) is 7. The zero-order chi connectivity index (χ0) is 19.8. The minimum absolute atomic E-state index is 0.169. The first-order valence-corrected chi connectivity index (χ1v) is 9.41. The van der Waals surface area contributed by atoms with E-state index in [1.54, 1.807) is 13.0 Å². The summed E-state index contributed by atoms with van der Waals surface area (Å²) in [6.07, 6.45) is -1.01. The molecule has 0 aliphatic carbocycles. The van der Waals surface area contributed by atoms with Crippen molar-refractivity contribution in [1.82, 2.24) is 0 Å². The van der Waals surface area contributed by atoms with Crippen LogP contribution in [0.15, 0.2) is 47.4 Å². The number of benzene rings is 2. The van der Waals surface area contributed by atoms with E-state index in [4.69, 9.17) is 9.47 Å². The largest absolute Gasteiger partial charge is 0.486 e. The molecule has 9 nitrogen and oxygen atoms in total. The van der Waals surface area contributed by atoms with E-state index in [2.05, 4.69) is 4.72 Å². The summed E-state index contributed by atoms with van der Waals surface area (Å²) in [6.45, 7) is 3.02. The van der Waals surface area contributed by atoms with Gasteiger partial charge in [-0.1, -0.05) is 12.1 Å². The standard InChI is InChI=1S/C17H16N2O7S/c1-10-17(26-11(2)20)13-8-7-12(9-15(13)25-10)18-27(23,24)16-6-4-3-5-14(16)19(21)22/h3-10,17-18H,1-2H3/t10?,17-/m1/s1. The maximum absolute atomic E-state index is 12.6. The lowest BCUT2D eigenvalue weighted by Crippen LogP contribution is -2.18. The molecule has 1 aliphatic heterocycles. The third kappa shape index (κ3) is 3.70. The van der Waals surface area contributed by atoms with E-state index in [9.17, 15) is 23.3 Å². The Balaban J connectivity index is 1.91. The van der Waals surface area contributed by atoms with E-state index in [-0.39, 0.29) is 5.69 Å². The second-order valence-corrected chi connectivity index (χ2v) is 7.59. The zero-order valence-electron chi connectivity index (χ0n) is 14.4. The van der Waals surface area contributed by atoms with Gasteiger partial charge in [-0.15, -0.1) is 0 Å². The lowest BCUT2D eigenvalue weighted by Gasteiger charge is -2.14. The maximum Gasteiger partial charge on any atom is 0.303 e. The number of rotatable bonds is 5. The van der Waals surface area contributed by atoms with Crippen molar-refractivity contribution in [3.63, 3.8) is 0 Å². The highest BCUT2D eigenvalue weighted by molar-refractivity contribution is 7.92. The van der Waals surface area contributed by atoms with Crippen LogP contribution in [0.25, 0.3) is 0 Å². The van der Waals surface area contributed by atoms with Gasteiger partial charge in [-0.05, 0) is 25.1 Å². The lowest BCUT2D eigenvalue weighted by molar-refractivity contribution is -0.387. The van der Waals surface area contributed by atoms with Crippen LogP contribution in [0.5, 0.6) is 5.75 Å². The van der Waals surface area contributed by atoms with Crippen LogP contribution in [0, 0.1) is 10.1 Å². The van der Waals surface area contributed by atoms with E-state index in [0.29, 0.717) is 11.3 Å². The van der Waals surface area contributed by atoms with Gasteiger partial charge in [0.05, 0.1) is 10.6 Å². The Labute approximate surface area is 155 Å². The smallest absolute Gasteiger partial charge is 0.303 e. The van der Waals surface area contributed by atoms with E-state index in [1.165, 1.54) is 31.2 Å². The number of nitrogens with one attached hydrogen (secondary N) is 1. The number of nitro benzene ring substituents is 1. The Morgan fingerprint density at radius 2 is 1.96 bits per heavy atom. The molecule has 10 heteroatoms. The van der Waals surface area contributed by atoms with Crippen molar-refractivity contribution in [3.8, 4) is 5.75 Å². The highest BCUT2D eigenvalue weighted by Crippen LogP contribution is 2.41. The quantitative estimate of drug-likeness (QED) is 0.471. The van der Waals surface area contributed by atoms with Crippen molar-refractivity contribution in [1.29, 1.82) is 0 Å². The fraction of sp³-hybridized carbons (Fsp3) is 0.235. The average molecular weight is 392 g/mol. The van der Waals surface area contributed by atoms with E-state index >= 15 is 0 Å². The summed E-state index contributed by atoms with van der Waals surface area (Å²) in [5.41, 5.74) is 0.264. The number of ether oxygens (including phenoxy) is 2. The number of anilines is 1. The van der Waals surface area contributed by atoms with Gasteiger partial charge in [0.2, 0.25) is 0 Å². The normalized spacial score (nSPS) is 18.3. The average Bonchev–Trinajstić information content (AvgIpc) is 2.89. The van der Waals surface area contributed by atoms with Gasteiger partial charge in [-0.3, -0.25) is 19.6 Å². The Morgan fingerprint density at radius 3 is 2.63 bits per heavy atom. The number of sulfonamides is 1. The molecule has 0 bridgehead atoms. The summed E-state index contributed by atoms with van der Waals surface area (Å²) in [5.74, 6) is -0.0824. The number of carbonyl (C=O) groups is 1. The number of hydrogen-bond donors (Lipinski definition) is 1. The number of esters is 1. The van der Waals surface area contributed by atoms with E-state index in [1.807, 2.05) is 0 Å². The summed E-state index contributed by atoms with van der Waals surface area (Å²) >= 11 is 0. The Morgan fingerprint density at radius 1 is 1.26 bits per heavy atom. The number of para-hydroxylation sites is 1. The molecule has 1 aliphatic rings. The summed E-state index contributed by atoms with van der Waals surface area (Å²) in [6, 6.07) is 9.57. The molecule has 2 atom stereocenters. The van der Waals surface area contributed by atoms with Crippen LogP contribution < -0.4 is 9.46 Å². The third-order valence-corrected chi connectivity index (χ3v) is 5.38. The van der Waals surface area contributed by atoms with Crippen molar-refractivity contribution in [2.24, 2.45) is 0 Å². The van der Waals surface area contributed by atoms with Gasteiger partial charge in [-0.2, -0.15) is 0 Å². The monoisotopic (exact) mass is 392 g/mol. The molecule has 0 amide bonds. The van der Waals surface area contributed by atoms with Crippen LogP contribution in [-0.4, -0.2) is 25.4 Å². The molecule has 0 fully saturated rings. The van der Waals surface area contributed by atoms with E-state index in [0.717, 1.165) is 12.1 Å². The predicted octanol–water partition coefficient (Wildman–Crippen LogP) is 2.78. The third-order valence-electron chi connectivity index (χ3n) is 3.96. The van der Waals surface area contributed by atoms with Gasteiger partial charge in [0, 0.05) is 24.6 Å². The molecule has 142 valence electrons. The molecule has 1 heterocycles. The van der Waals surface area contributed by atoms with Gasteiger partial charge < -0.3 is 9.47 Å². The second-order valence-electron chi connectivity index (χ2n) is 5.94. The molecule has 0 saturated heterocycles. The van der Waals surface area contributed by atoms with Gasteiger partial charge >= 0.3 is 5.97 Å².